The number of nitrogens with zero attached hydrogens (tertiary/aromatic N) is 1. The first-order valence-corrected chi connectivity index (χ1v) is 7.78. The average molecular weight is 286 g/mol. The molecule has 1 fully saturated rings. The predicted octanol–water partition coefficient (Wildman–Crippen LogP) is 1.48. The van der Waals surface area contributed by atoms with Crippen LogP contribution in [0.1, 0.15) is 10.4 Å². The third kappa shape index (κ3) is 3.12. The third-order valence-electron chi connectivity index (χ3n) is 3.14. The number of ether oxygens (including phenoxy) is 1. The molecule has 0 bridgehead atoms. The zero-order valence-corrected chi connectivity index (χ0v) is 11.5. The smallest absolute Gasteiger partial charge is 0.254 e. The molecule has 1 aromatic rings. The number of rotatable bonds is 2. The monoisotopic (exact) mass is 286 g/mol. The van der Waals surface area contributed by atoms with Crippen molar-refractivity contribution in [1.82, 2.24) is 4.90 Å². The number of benzene rings is 1. The zero-order chi connectivity index (χ0) is 14.0. The van der Waals surface area contributed by atoms with E-state index in [0.29, 0.717) is 30.1 Å². The fraction of sp³-hybridized carbons (Fsp3) is 0.417. The molecule has 1 aliphatic heterocycles. The molecular formula is C12H18N2O4S. The lowest BCUT2D eigenvalue weighted by Gasteiger charge is -2.40. The lowest BCUT2D eigenvalue weighted by Crippen LogP contribution is -2.42. The Labute approximate surface area is 113 Å². The fourth-order valence-corrected chi connectivity index (χ4v) is 3.19. The molecule has 0 atom stereocenters. The summed E-state index contributed by atoms with van der Waals surface area (Å²) in [5.74, 6) is 0.802. The van der Waals surface area contributed by atoms with Crippen LogP contribution in [0.4, 0.5) is 5.69 Å². The molecule has 0 aliphatic carbocycles. The van der Waals surface area contributed by atoms with Crippen LogP contribution in [0, 0.1) is 0 Å². The first-order chi connectivity index (χ1) is 8.93. The summed E-state index contributed by atoms with van der Waals surface area (Å²) in [7, 11) is -0.993. The van der Waals surface area contributed by atoms with Crippen LogP contribution in [0.3, 0.4) is 0 Å². The number of amides is 1. The van der Waals surface area contributed by atoms with Crippen molar-refractivity contribution < 1.29 is 18.6 Å². The number of hydrogen-bond donors (Lipinski definition) is 3. The molecule has 1 aliphatic rings. The highest BCUT2D eigenvalue weighted by atomic mass is 32.3. The summed E-state index contributed by atoms with van der Waals surface area (Å²) < 4.78 is 24.1. The Balaban J connectivity index is 2.12. The molecule has 0 unspecified atom stereocenters. The van der Waals surface area contributed by atoms with Gasteiger partial charge in [0.1, 0.15) is 5.75 Å². The van der Waals surface area contributed by atoms with Crippen LogP contribution < -0.4 is 10.5 Å². The Morgan fingerprint density at radius 3 is 2.58 bits per heavy atom. The van der Waals surface area contributed by atoms with Gasteiger partial charge >= 0.3 is 0 Å². The van der Waals surface area contributed by atoms with Gasteiger partial charge in [0.2, 0.25) is 0 Å². The summed E-state index contributed by atoms with van der Waals surface area (Å²) in [5.41, 5.74) is 6.67. The zero-order valence-electron chi connectivity index (χ0n) is 10.7. The van der Waals surface area contributed by atoms with E-state index in [-0.39, 0.29) is 17.4 Å². The first kappa shape index (κ1) is 14.0. The van der Waals surface area contributed by atoms with Crippen molar-refractivity contribution in [1.29, 1.82) is 0 Å². The second-order valence-electron chi connectivity index (χ2n) is 4.46. The van der Waals surface area contributed by atoms with E-state index in [9.17, 15) is 13.9 Å². The molecule has 4 N–H and O–H groups in total. The number of carbonyl (C=O) groups is 1. The fourth-order valence-electron chi connectivity index (χ4n) is 1.96. The Morgan fingerprint density at radius 2 is 2.00 bits per heavy atom. The maximum atomic E-state index is 12.3. The van der Waals surface area contributed by atoms with E-state index in [1.807, 2.05) is 0 Å². The van der Waals surface area contributed by atoms with Crippen LogP contribution in [-0.4, -0.2) is 51.6 Å². The maximum absolute atomic E-state index is 12.3. The second kappa shape index (κ2) is 5.28. The summed E-state index contributed by atoms with van der Waals surface area (Å²) >= 11 is 0. The van der Waals surface area contributed by atoms with Gasteiger partial charge in [-0.1, -0.05) is 0 Å². The minimum atomic E-state index is -2.49. The molecule has 7 heteroatoms. The molecule has 0 saturated carbocycles. The topological polar surface area (TPSA) is 96.0 Å². The van der Waals surface area contributed by atoms with Gasteiger partial charge in [-0.05, 0) is 18.2 Å². The first-order valence-electron chi connectivity index (χ1n) is 5.89. The van der Waals surface area contributed by atoms with Gasteiger partial charge < -0.3 is 15.4 Å². The number of nitrogen functional groups attached to an aromatic ring is 1. The van der Waals surface area contributed by atoms with Crippen molar-refractivity contribution in [3.63, 3.8) is 0 Å². The van der Waals surface area contributed by atoms with Gasteiger partial charge in [-0.3, -0.25) is 13.9 Å². The lowest BCUT2D eigenvalue weighted by molar-refractivity contribution is 0.0767. The number of hydrogen-bond acceptors (Lipinski definition) is 5. The van der Waals surface area contributed by atoms with Gasteiger partial charge in [0, 0.05) is 18.7 Å². The molecule has 1 amide bonds. The summed E-state index contributed by atoms with van der Waals surface area (Å²) in [6.07, 6.45) is 0. The van der Waals surface area contributed by atoms with Gasteiger partial charge in [-0.2, -0.15) is 10.6 Å². The summed E-state index contributed by atoms with van der Waals surface area (Å²) in [6, 6.07) is 4.88. The summed E-state index contributed by atoms with van der Waals surface area (Å²) in [6.45, 7) is 0.710. The van der Waals surface area contributed by atoms with Crippen LogP contribution >= 0.6 is 10.6 Å². The van der Waals surface area contributed by atoms with Crippen LogP contribution in [0.25, 0.3) is 0 Å². The molecule has 0 radical (unpaired) electrons. The number of anilines is 1. The molecule has 19 heavy (non-hydrogen) atoms. The summed E-state index contributed by atoms with van der Waals surface area (Å²) in [5, 5.41) is 0. The molecule has 106 valence electrons. The predicted molar refractivity (Wildman–Crippen MR) is 75.9 cm³/mol. The Kier molecular flexibility index (Phi) is 3.88. The Morgan fingerprint density at radius 1 is 1.37 bits per heavy atom. The van der Waals surface area contributed by atoms with Gasteiger partial charge in [0.25, 0.3) is 5.91 Å². The van der Waals surface area contributed by atoms with Crippen molar-refractivity contribution in [2.75, 3.05) is 37.4 Å². The minimum Gasteiger partial charge on any atom is -0.495 e. The van der Waals surface area contributed by atoms with Crippen LogP contribution in [-0.2, 0) is 0 Å². The van der Waals surface area contributed by atoms with Crippen molar-refractivity contribution >= 4 is 22.2 Å². The van der Waals surface area contributed by atoms with E-state index in [0.717, 1.165) is 0 Å². The van der Waals surface area contributed by atoms with Crippen molar-refractivity contribution in [2.45, 2.75) is 0 Å². The van der Waals surface area contributed by atoms with Gasteiger partial charge in [0.05, 0.1) is 24.3 Å². The molecule has 1 aromatic carbocycles. The van der Waals surface area contributed by atoms with E-state index >= 15 is 0 Å². The van der Waals surface area contributed by atoms with Crippen molar-refractivity contribution in [2.24, 2.45) is 0 Å². The molecular weight excluding hydrogens is 268 g/mol. The minimum absolute atomic E-state index is 0.145. The highest BCUT2D eigenvalue weighted by Crippen LogP contribution is 2.40. The number of nitrogens with two attached hydrogens (primary N) is 1. The second-order valence-corrected chi connectivity index (χ2v) is 6.88. The summed E-state index contributed by atoms with van der Waals surface area (Å²) in [4.78, 5) is 13.9. The third-order valence-corrected chi connectivity index (χ3v) is 4.82. The maximum Gasteiger partial charge on any atom is 0.254 e. The SMILES string of the molecule is COc1cc(C(=O)N2CCS(O)(O)CC2)ccc1N. The van der Waals surface area contributed by atoms with Gasteiger partial charge in [-0.25, -0.2) is 0 Å². The largest absolute Gasteiger partial charge is 0.495 e. The highest BCUT2D eigenvalue weighted by Gasteiger charge is 2.26. The van der Waals surface area contributed by atoms with E-state index < -0.39 is 10.6 Å². The van der Waals surface area contributed by atoms with Crippen molar-refractivity contribution in [3.05, 3.63) is 23.8 Å². The highest BCUT2D eigenvalue weighted by molar-refractivity contribution is 8.24. The van der Waals surface area contributed by atoms with Crippen LogP contribution in [0.5, 0.6) is 5.75 Å². The van der Waals surface area contributed by atoms with E-state index in [4.69, 9.17) is 10.5 Å². The average Bonchev–Trinajstić information content (AvgIpc) is 2.38. The quantitative estimate of drug-likeness (QED) is 0.716. The molecule has 1 heterocycles. The Bertz CT molecular complexity index is 483. The molecule has 6 nitrogen and oxygen atoms in total. The molecule has 0 aromatic heterocycles. The van der Waals surface area contributed by atoms with E-state index in [1.165, 1.54) is 7.11 Å². The van der Waals surface area contributed by atoms with Crippen molar-refractivity contribution in [3.8, 4) is 5.75 Å². The number of methoxy groups -OCH3 is 1. The Hall–Kier alpha value is -1.44. The molecule has 2 rings (SSSR count). The van der Waals surface area contributed by atoms with Crippen LogP contribution in [0.2, 0.25) is 0 Å². The van der Waals surface area contributed by atoms with Gasteiger partial charge in [0.15, 0.2) is 0 Å². The van der Waals surface area contributed by atoms with E-state index in [2.05, 4.69) is 0 Å². The molecule has 1 saturated heterocycles. The number of carbonyl (C=O) groups excluding carboxylic acids is 1. The lowest BCUT2D eigenvalue weighted by atomic mass is 10.1. The van der Waals surface area contributed by atoms with E-state index in [1.54, 1.807) is 23.1 Å². The van der Waals surface area contributed by atoms with Gasteiger partial charge in [-0.15, -0.1) is 0 Å². The standard InChI is InChI=1S/C12H18N2O4S/c1-18-11-8-9(2-3-10(11)13)12(15)14-4-6-19(16,17)7-5-14/h2-3,8,16-17H,4-7,13H2,1H3. The van der Waals surface area contributed by atoms with Crippen LogP contribution in [0.15, 0.2) is 18.2 Å². The molecule has 0 spiro atoms. The normalized spacial score (nSPS) is 19.8.